The lowest BCUT2D eigenvalue weighted by Crippen LogP contribution is -2.09. The Balaban J connectivity index is 1.73. The van der Waals surface area contributed by atoms with Crippen LogP contribution in [0.1, 0.15) is 28.5 Å². The zero-order valence-electron chi connectivity index (χ0n) is 10.6. The molecule has 1 atom stereocenters. The van der Waals surface area contributed by atoms with Gasteiger partial charge in [0.05, 0.1) is 5.69 Å². The number of fused-ring (bicyclic) bond motifs is 1. The number of nitrogens with one attached hydrogen (secondary N) is 1. The molecule has 104 valence electrons. The number of hydrogen-bond donors (Lipinski definition) is 2. The van der Waals surface area contributed by atoms with Crippen molar-refractivity contribution < 1.29 is 14.3 Å². The number of nitrogens with zero attached hydrogens (tertiary/aromatic N) is 1. The molecule has 3 rings (SSSR count). The summed E-state index contributed by atoms with van der Waals surface area (Å²) < 4.78 is 13.5. The van der Waals surface area contributed by atoms with E-state index in [0.717, 1.165) is 11.3 Å². The minimum Gasteiger partial charge on any atom is -0.481 e. The Hall–Kier alpha value is -1.95. The fourth-order valence-electron chi connectivity index (χ4n) is 2.36. The first-order valence-corrected chi connectivity index (χ1v) is 7.16. The number of carbonyl (C=O) groups is 1. The number of aryl methyl sites for hydroxylation is 1. The van der Waals surface area contributed by atoms with Crippen molar-refractivity contribution >= 4 is 22.4 Å². The van der Waals surface area contributed by atoms with Crippen molar-refractivity contribution in [1.82, 2.24) is 4.98 Å². The molecule has 0 radical (unpaired) electrons. The Morgan fingerprint density at radius 2 is 2.30 bits per heavy atom. The number of thiazole rings is 1. The second-order valence-electron chi connectivity index (χ2n) is 4.70. The van der Waals surface area contributed by atoms with Crippen molar-refractivity contribution in [3.8, 4) is 0 Å². The van der Waals surface area contributed by atoms with Gasteiger partial charge in [-0.1, -0.05) is 18.2 Å². The molecule has 4 nitrogen and oxygen atoms in total. The van der Waals surface area contributed by atoms with Gasteiger partial charge in [-0.15, -0.1) is 11.3 Å². The molecule has 1 aliphatic carbocycles. The number of rotatable bonds is 4. The predicted octanol–water partition coefficient (Wildman–Crippen LogP) is 3.01. The Morgan fingerprint density at radius 1 is 1.50 bits per heavy atom. The predicted molar refractivity (Wildman–Crippen MR) is 74.5 cm³/mol. The average molecular weight is 292 g/mol. The number of halogens is 1. The van der Waals surface area contributed by atoms with Gasteiger partial charge in [0.25, 0.3) is 0 Å². The Bertz CT molecular complexity index is 656. The van der Waals surface area contributed by atoms with Crippen LogP contribution in [0.5, 0.6) is 0 Å². The van der Waals surface area contributed by atoms with Crippen molar-refractivity contribution in [1.29, 1.82) is 0 Å². The Labute approximate surface area is 119 Å². The fraction of sp³-hybridized carbons (Fsp3) is 0.286. The van der Waals surface area contributed by atoms with E-state index in [1.807, 2.05) is 0 Å². The number of aromatic nitrogens is 1. The number of hydrogen-bond acceptors (Lipinski definition) is 4. The summed E-state index contributed by atoms with van der Waals surface area (Å²) in [6.07, 6.45) is 1.38. The molecule has 0 aliphatic heterocycles. The lowest BCUT2D eigenvalue weighted by molar-refractivity contribution is -0.138. The summed E-state index contributed by atoms with van der Waals surface area (Å²) in [4.78, 5) is 16.5. The van der Waals surface area contributed by atoms with Gasteiger partial charge in [0.15, 0.2) is 5.13 Å². The van der Waals surface area contributed by atoms with Gasteiger partial charge in [0, 0.05) is 17.0 Å². The van der Waals surface area contributed by atoms with E-state index in [4.69, 9.17) is 5.11 Å². The van der Waals surface area contributed by atoms with Crippen molar-refractivity contribution in [3.05, 3.63) is 46.2 Å². The standard InChI is InChI=1S/C14H13FN2O2S/c15-10-4-2-1-3-8(10)7-16-14-17-12-9(13(18)19)5-6-11(12)20-14/h1-4,9H,5-7H2,(H,16,17)(H,18,19). The number of anilines is 1. The zero-order valence-corrected chi connectivity index (χ0v) is 11.4. The van der Waals surface area contributed by atoms with Crippen LogP contribution in [0.3, 0.4) is 0 Å². The first kappa shape index (κ1) is 13.1. The molecule has 2 N–H and O–H groups in total. The summed E-state index contributed by atoms with van der Waals surface area (Å²) in [7, 11) is 0. The minimum absolute atomic E-state index is 0.257. The van der Waals surface area contributed by atoms with Gasteiger partial charge >= 0.3 is 5.97 Å². The number of carboxylic acids is 1. The smallest absolute Gasteiger partial charge is 0.312 e. The van der Waals surface area contributed by atoms with Crippen LogP contribution in [-0.4, -0.2) is 16.1 Å². The van der Waals surface area contributed by atoms with Crippen molar-refractivity contribution in [2.75, 3.05) is 5.32 Å². The van der Waals surface area contributed by atoms with E-state index >= 15 is 0 Å². The quantitative estimate of drug-likeness (QED) is 0.909. The molecule has 0 bridgehead atoms. The van der Waals surface area contributed by atoms with E-state index < -0.39 is 11.9 Å². The minimum atomic E-state index is -0.824. The highest BCUT2D eigenvalue weighted by molar-refractivity contribution is 7.15. The molecule has 0 saturated heterocycles. The van der Waals surface area contributed by atoms with Gasteiger partial charge in [-0.2, -0.15) is 0 Å². The molecule has 0 fully saturated rings. The van der Waals surface area contributed by atoms with Gasteiger partial charge in [0.2, 0.25) is 0 Å². The lowest BCUT2D eigenvalue weighted by atomic mass is 10.1. The van der Waals surface area contributed by atoms with Crippen molar-refractivity contribution in [3.63, 3.8) is 0 Å². The average Bonchev–Trinajstić information content (AvgIpc) is 2.96. The highest BCUT2D eigenvalue weighted by atomic mass is 32.1. The van der Waals surface area contributed by atoms with Crippen LogP contribution in [0.2, 0.25) is 0 Å². The topological polar surface area (TPSA) is 62.2 Å². The molecule has 1 heterocycles. The normalized spacial score (nSPS) is 16.9. The summed E-state index contributed by atoms with van der Waals surface area (Å²) in [5.74, 6) is -1.58. The van der Waals surface area contributed by atoms with Crippen LogP contribution in [0, 0.1) is 5.82 Å². The van der Waals surface area contributed by atoms with E-state index in [9.17, 15) is 9.18 Å². The first-order chi connectivity index (χ1) is 9.65. The lowest BCUT2D eigenvalue weighted by Gasteiger charge is -2.05. The molecule has 1 aliphatic rings. The van der Waals surface area contributed by atoms with Crippen molar-refractivity contribution in [2.24, 2.45) is 0 Å². The monoisotopic (exact) mass is 292 g/mol. The summed E-state index contributed by atoms with van der Waals surface area (Å²) in [5, 5.41) is 12.8. The zero-order chi connectivity index (χ0) is 14.1. The Kier molecular flexibility index (Phi) is 3.40. The van der Waals surface area contributed by atoms with Crippen molar-refractivity contribution in [2.45, 2.75) is 25.3 Å². The summed E-state index contributed by atoms with van der Waals surface area (Å²) in [5.41, 5.74) is 1.23. The van der Waals surface area contributed by atoms with Gasteiger partial charge < -0.3 is 10.4 Å². The van der Waals surface area contributed by atoms with Gasteiger partial charge in [-0.25, -0.2) is 9.37 Å². The third kappa shape index (κ3) is 2.38. The second kappa shape index (κ2) is 5.20. The largest absolute Gasteiger partial charge is 0.481 e. The van der Waals surface area contributed by atoms with E-state index in [1.165, 1.54) is 17.4 Å². The van der Waals surface area contributed by atoms with Gasteiger partial charge in [-0.3, -0.25) is 4.79 Å². The van der Waals surface area contributed by atoms with Crippen LogP contribution in [0.25, 0.3) is 0 Å². The summed E-state index contributed by atoms with van der Waals surface area (Å²) >= 11 is 1.46. The maximum atomic E-state index is 13.5. The maximum absolute atomic E-state index is 13.5. The van der Waals surface area contributed by atoms with Gasteiger partial charge in [-0.05, 0) is 18.9 Å². The first-order valence-electron chi connectivity index (χ1n) is 6.35. The molecule has 1 unspecified atom stereocenters. The third-order valence-corrected chi connectivity index (χ3v) is 4.49. The van der Waals surface area contributed by atoms with Crippen LogP contribution in [-0.2, 0) is 17.8 Å². The maximum Gasteiger partial charge on any atom is 0.312 e. The second-order valence-corrected chi connectivity index (χ2v) is 5.79. The molecule has 0 spiro atoms. The van der Waals surface area contributed by atoms with Gasteiger partial charge in [0.1, 0.15) is 11.7 Å². The van der Waals surface area contributed by atoms with Crippen LogP contribution in [0.15, 0.2) is 24.3 Å². The molecule has 20 heavy (non-hydrogen) atoms. The highest BCUT2D eigenvalue weighted by Crippen LogP contribution is 2.38. The fourth-order valence-corrected chi connectivity index (χ4v) is 3.39. The summed E-state index contributed by atoms with van der Waals surface area (Å²) in [6.45, 7) is 0.344. The SMILES string of the molecule is O=C(O)C1CCc2sc(NCc3ccccc3F)nc21. The van der Waals surface area contributed by atoms with E-state index in [-0.39, 0.29) is 5.82 Å². The van der Waals surface area contributed by atoms with Crippen LogP contribution >= 0.6 is 11.3 Å². The molecular formula is C14H13FN2O2S. The van der Waals surface area contributed by atoms with Crippen LogP contribution in [0.4, 0.5) is 9.52 Å². The molecule has 1 aromatic heterocycles. The van der Waals surface area contributed by atoms with E-state index in [1.54, 1.807) is 18.2 Å². The summed E-state index contributed by atoms with van der Waals surface area (Å²) in [6, 6.07) is 6.56. The molecular weight excluding hydrogens is 279 g/mol. The molecule has 0 saturated carbocycles. The molecule has 1 aromatic carbocycles. The molecule has 0 amide bonds. The van der Waals surface area contributed by atoms with Crippen LogP contribution < -0.4 is 5.32 Å². The molecule has 2 aromatic rings. The van der Waals surface area contributed by atoms with E-state index in [2.05, 4.69) is 10.3 Å². The number of benzene rings is 1. The molecule has 6 heteroatoms. The number of carboxylic acid groups (broad SMARTS) is 1. The highest BCUT2D eigenvalue weighted by Gasteiger charge is 2.32. The van der Waals surface area contributed by atoms with E-state index in [0.29, 0.717) is 29.4 Å². The third-order valence-electron chi connectivity index (χ3n) is 3.40. The Morgan fingerprint density at radius 3 is 3.05 bits per heavy atom. The number of aliphatic carboxylic acids is 1.